The molecular weight excluding hydrogens is 294 g/mol. The highest BCUT2D eigenvalue weighted by Crippen LogP contribution is 2.20. The molecule has 7 heteroatoms. The van der Waals surface area contributed by atoms with Crippen molar-refractivity contribution in [3.63, 3.8) is 0 Å². The summed E-state index contributed by atoms with van der Waals surface area (Å²) in [6.45, 7) is 2.01. The van der Waals surface area contributed by atoms with E-state index in [1.807, 2.05) is 11.4 Å². The molecular formula is C9H12BrN3O2S. The number of amides is 3. The van der Waals surface area contributed by atoms with Crippen molar-refractivity contribution in [2.75, 3.05) is 0 Å². The number of nitrogens with two attached hydrogens (primary N) is 1. The summed E-state index contributed by atoms with van der Waals surface area (Å²) in [6, 6.07) is 0.595. The molecule has 1 aromatic rings. The van der Waals surface area contributed by atoms with Crippen molar-refractivity contribution < 1.29 is 9.59 Å². The van der Waals surface area contributed by atoms with Gasteiger partial charge in [-0.15, -0.1) is 11.3 Å². The van der Waals surface area contributed by atoms with E-state index in [9.17, 15) is 9.59 Å². The second kappa shape index (κ2) is 5.86. The molecule has 0 unspecified atom stereocenters. The first kappa shape index (κ1) is 13.0. The van der Waals surface area contributed by atoms with Crippen LogP contribution in [-0.2, 0) is 11.3 Å². The van der Waals surface area contributed by atoms with Crippen LogP contribution in [0.3, 0.4) is 0 Å². The molecule has 0 fully saturated rings. The Morgan fingerprint density at radius 1 is 1.62 bits per heavy atom. The van der Waals surface area contributed by atoms with Gasteiger partial charge in [0, 0.05) is 6.54 Å². The molecule has 4 N–H and O–H groups in total. The summed E-state index contributed by atoms with van der Waals surface area (Å²) in [4.78, 5) is 22.0. The van der Waals surface area contributed by atoms with Gasteiger partial charge >= 0.3 is 6.03 Å². The molecule has 3 amide bonds. The van der Waals surface area contributed by atoms with Crippen LogP contribution in [0.2, 0.25) is 0 Å². The van der Waals surface area contributed by atoms with Gasteiger partial charge in [-0.05, 0) is 39.9 Å². The van der Waals surface area contributed by atoms with Crippen molar-refractivity contribution in [2.45, 2.75) is 19.5 Å². The minimum Gasteiger partial charge on any atom is -0.352 e. The van der Waals surface area contributed by atoms with Crippen molar-refractivity contribution in [2.24, 2.45) is 5.73 Å². The molecule has 0 bridgehead atoms. The second-order valence-corrected chi connectivity index (χ2v) is 5.50. The SMILES string of the molecule is C[C@H](NC(N)=O)C(=O)NCc1csc(Br)c1. The van der Waals surface area contributed by atoms with Crippen LogP contribution in [0.5, 0.6) is 0 Å². The zero-order chi connectivity index (χ0) is 12.1. The average Bonchev–Trinajstić information content (AvgIpc) is 2.59. The summed E-state index contributed by atoms with van der Waals surface area (Å²) in [6.07, 6.45) is 0. The Labute approximate surface area is 106 Å². The van der Waals surface area contributed by atoms with Crippen LogP contribution < -0.4 is 16.4 Å². The Morgan fingerprint density at radius 2 is 2.31 bits per heavy atom. The summed E-state index contributed by atoms with van der Waals surface area (Å²) >= 11 is 4.88. The van der Waals surface area contributed by atoms with E-state index in [-0.39, 0.29) is 5.91 Å². The molecule has 0 aromatic carbocycles. The van der Waals surface area contributed by atoms with Crippen molar-refractivity contribution in [1.29, 1.82) is 0 Å². The largest absolute Gasteiger partial charge is 0.352 e. The Hall–Kier alpha value is -1.08. The molecule has 0 saturated heterocycles. The van der Waals surface area contributed by atoms with Crippen molar-refractivity contribution in [3.8, 4) is 0 Å². The lowest BCUT2D eigenvalue weighted by atomic mass is 10.3. The van der Waals surface area contributed by atoms with Gasteiger partial charge in [0.2, 0.25) is 5.91 Å². The topological polar surface area (TPSA) is 84.2 Å². The molecule has 0 aliphatic heterocycles. The summed E-state index contributed by atoms with van der Waals surface area (Å²) in [5, 5.41) is 6.94. The fourth-order valence-corrected chi connectivity index (χ4v) is 2.27. The molecule has 1 aromatic heterocycles. The van der Waals surface area contributed by atoms with Gasteiger partial charge in [0.25, 0.3) is 0 Å². The number of primary amides is 1. The molecule has 88 valence electrons. The maximum Gasteiger partial charge on any atom is 0.312 e. The minimum atomic E-state index is -0.707. The highest BCUT2D eigenvalue weighted by atomic mass is 79.9. The van der Waals surface area contributed by atoms with Crippen LogP contribution in [0.4, 0.5) is 4.79 Å². The van der Waals surface area contributed by atoms with E-state index < -0.39 is 12.1 Å². The molecule has 5 nitrogen and oxygen atoms in total. The predicted molar refractivity (Wildman–Crippen MR) is 66.0 cm³/mol. The van der Waals surface area contributed by atoms with Crippen LogP contribution in [-0.4, -0.2) is 18.0 Å². The van der Waals surface area contributed by atoms with E-state index >= 15 is 0 Å². The van der Waals surface area contributed by atoms with Crippen molar-refractivity contribution in [1.82, 2.24) is 10.6 Å². The van der Waals surface area contributed by atoms with Crippen LogP contribution in [0.25, 0.3) is 0 Å². The lowest BCUT2D eigenvalue weighted by molar-refractivity contribution is -0.122. The Kier molecular flexibility index (Phi) is 4.75. The van der Waals surface area contributed by atoms with Gasteiger partial charge < -0.3 is 16.4 Å². The Morgan fingerprint density at radius 3 is 2.81 bits per heavy atom. The number of thiophene rings is 1. The molecule has 1 atom stereocenters. The third-order valence-corrected chi connectivity index (χ3v) is 3.39. The number of hydrogen-bond donors (Lipinski definition) is 3. The minimum absolute atomic E-state index is 0.263. The number of carbonyl (C=O) groups is 2. The van der Waals surface area contributed by atoms with E-state index in [1.165, 1.54) is 0 Å². The van der Waals surface area contributed by atoms with E-state index in [2.05, 4.69) is 26.6 Å². The smallest absolute Gasteiger partial charge is 0.312 e. The fraction of sp³-hybridized carbons (Fsp3) is 0.333. The van der Waals surface area contributed by atoms with Crippen molar-refractivity contribution >= 4 is 39.2 Å². The monoisotopic (exact) mass is 305 g/mol. The van der Waals surface area contributed by atoms with Crippen LogP contribution >= 0.6 is 27.3 Å². The quantitative estimate of drug-likeness (QED) is 0.780. The third kappa shape index (κ3) is 4.19. The predicted octanol–water partition coefficient (Wildman–Crippen LogP) is 1.18. The normalized spacial score (nSPS) is 11.9. The van der Waals surface area contributed by atoms with E-state index in [0.717, 1.165) is 9.35 Å². The maximum atomic E-state index is 11.5. The van der Waals surface area contributed by atoms with E-state index in [0.29, 0.717) is 6.54 Å². The van der Waals surface area contributed by atoms with Crippen LogP contribution in [0, 0.1) is 0 Å². The number of urea groups is 1. The molecule has 1 heterocycles. The van der Waals surface area contributed by atoms with Gasteiger partial charge in [-0.2, -0.15) is 0 Å². The first-order valence-corrected chi connectivity index (χ1v) is 6.23. The zero-order valence-corrected chi connectivity index (χ0v) is 11.0. The molecule has 0 saturated carbocycles. The molecule has 0 spiro atoms. The number of halogens is 1. The van der Waals surface area contributed by atoms with E-state index in [1.54, 1.807) is 18.3 Å². The molecule has 0 aliphatic rings. The number of rotatable bonds is 4. The standard InChI is InChI=1S/C9H12BrN3O2S/c1-5(13-9(11)15)8(14)12-3-6-2-7(10)16-4-6/h2,4-5H,3H2,1H3,(H,12,14)(H3,11,13,15)/t5-/m0/s1. The highest BCUT2D eigenvalue weighted by molar-refractivity contribution is 9.11. The van der Waals surface area contributed by atoms with Crippen LogP contribution in [0.1, 0.15) is 12.5 Å². The van der Waals surface area contributed by atoms with E-state index in [4.69, 9.17) is 5.73 Å². The molecule has 16 heavy (non-hydrogen) atoms. The van der Waals surface area contributed by atoms with Crippen molar-refractivity contribution in [3.05, 3.63) is 20.8 Å². The van der Waals surface area contributed by atoms with Gasteiger partial charge in [0.15, 0.2) is 0 Å². The summed E-state index contributed by atoms with van der Waals surface area (Å²) < 4.78 is 1.01. The van der Waals surface area contributed by atoms with Crippen LogP contribution in [0.15, 0.2) is 15.2 Å². The van der Waals surface area contributed by atoms with Gasteiger partial charge in [0.1, 0.15) is 6.04 Å². The summed E-state index contributed by atoms with van der Waals surface area (Å²) in [7, 11) is 0. The zero-order valence-electron chi connectivity index (χ0n) is 8.62. The lowest BCUT2D eigenvalue weighted by Crippen LogP contribution is -2.46. The van der Waals surface area contributed by atoms with Gasteiger partial charge in [-0.3, -0.25) is 4.79 Å². The fourth-order valence-electron chi connectivity index (χ4n) is 1.06. The average molecular weight is 306 g/mol. The summed E-state index contributed by atoms with van der Waals surface area (Å²) in [5.41, 5.74) is 5.92. The first-order valence-electron chi connectivity index (χ1n) is 4.55. The molecule has 0 radical (unpaired) electrons. The maximum absolute atomic E-state index is 11.5. The molecule has 1 rings (SSSR count). The second-order valence-electron chi connectivity index (χ2n) is 3.21. The third-order valence-electron chi connectivity index (χ3n) is 1.84. The first-order chi connectivity index (χ1) is 7.49. The summed E-state index contributed by atoms with van der Waals surface area (Å²) in [5.74, 6) is -0.263. The number of carbonyl (C=O) groups excluding carboxylic acids is 2. The van der Waals surface area contributed by atoms with Gasteiger partial charge in [-0.25, -0.2) is 4.79 Å². The lowest BCUT2D eigenvalue weighted by Gasteiger charge is -2.11. The highest BCUT2D eigenvalue weighted by Gasteiger charge is 2.13. The number of hydrogen-bond acceptors (Lipinski definition) is 3. The van der Waals surface area contributed by atoms with Gasteiger partial charge in [-0.1, -0.05) is 0 Å². The van der Waals surface area contributed by atoms with Gasteiger partial charge in [0.05, 0.1) is 3.79 Å². The Bertz CT molecular complexity index is 394. The Balaban J connectivity index is 2.37. The molecule has 0 aliphatic carbocycles. The number of nitrogens with one attached hydrogen (secondary N) is 2.